The molecule has 2 aromatic rings. The van der Waals surface area contributed by atoms with Gasteiger partial charge in [0.1, 0.15) is 0 Å². The first-order valence-corrected chi connectivity index (χ1v) is 4.67. The van der Waals surface area contributed by atoms with Crippen LogP contribution in [0.3, 0.4) is 0 Å². The van der Waals surface area contributed by atoms with Crippen LogP contribution >= 0.6 is 11.3 Å². The summed E-state index contributed by atoms with van der Waals surface area (Å²) in [6, 6.07) is 2.02. The van der Waals surface area contributed by atoms with Crippen molar-refractivity contribution in [1.29, 1.82) is 0 Å². The summed E-state index contributed by atoms with van der Waals surface area (Å²) in [7, 11) is 0. The molecule has 0 aromatic carbocycles. The van der Waals surface area contributed by atoms with Gasteiger partial charge in [-0.1, -0.05) is 0 Å². The molecule has 0 bridgehead atoms. The standard InChI is InChI=1S/C7H9N5S/c8-7-11-10-6(12(7)9)3-5-1-2-13-4-5/h1-2,4H,3,9H2,(H2,8,11). The highest BCUT2D eigenvalue weighted by molar-refractivity contribution is 7.07. The molecule has 2 rings (SSSR count). The van der Waals surface area contributed by atoms with E-state index in [2.05, 4.69) is 10.2 Å². The number of nitrogen functional groups attached to an aromatic ring is 2. The summed E-state index contributed by atoms with van der Waals surface area (Å²) in [4.78, 5) is 0. The molecule has 13 heavy (non-hydrogen) atoms. The Morgan fingerprint density at radius 1 is 1.46 bits per heavy atom. The highest BCUT2D eigenvalue weighted by Gasteiger charge is 2.06. The minimum atomic E-state index is 0.241. The number of hydrogen-bond donors (Lipinski definition) is 2. The van der Waals surface area contributed by atoms with Gasteiger partial charge in [0.15, 0.2) is 5.82 Å². The molecule has 0 unspecified atom stereocenters. The number of hydrogen-bond acceptors (Lipinski definition) is 5. The van der Waals surface area contributed by atoms with Gasteiger partial charge < -0.3 is 11.6 Å². The lowest BCUT2D eigenvalue weighted by atomic mass is 10.2. The van der Waals surface area contributed by atoms with Crippen molar-refractivity contribution in [3.63, 3.8) is 0 Å². The fourth-order valence-electron chi connectivity index (χ4n) is 1.03. The minimum Gasteiger partial charge on any atom is -0.366 e. The Morgan fingerprint density at radius 2 is 2.31 bits per heavy atom. The second kappa shape index (κ2) is 3.06. The van der Waals surface area contributed by atoms with Gasteiger partial charge in [0.2, 0.25) is 5.95 Å². The van der Waals surface area contributed by atoms with Crippen molar-refractivity contribution in [3.8, 4) is 0 Å². The molecule has 0 spiro atoms. The molecule has 0 saturated carbocycles. The maximum Gasteiger partial charge on any atom is 0.240 e. The van der Waals surface area contributed by atoms with Crippen LogP contribution in [0.5, 0.6) is 0 Å². The first-order chi connectivity index (χ1) is 6.27. The summed E-state index contributed by atoms with van der Waals surface area (Å²) >= 11 is 1.64. The molecule has 0 amide bonds. The molecule has 0 aliphatic carbocycles. The summed E-state index contributed by atoms with van der Waals surface area (Å²) < 4.78 is 1.30. The Bertz CT molecular complexity index is 391. The highest BCUT2D eigenvalue weighted by Crippen LogP contribution is 2.10. The van der Waals surface area contributed by atoms with Crippen molar-refractivity contribution in [2.45, 2.75) is 6.42 Å². The minimum absolute atomic E-state index is 0.241. The van der Waals surface area contributed by atoms with Crippen molar-refractivity contribution >= 4 is 17.3 Å². The summed E-state index contributed by atoms with van der Waals surface area (Å²) in [5, 5.41) is 11.6. The first kappa shape index (κ1) is 8.06. The second-order valence-electron chi connectivity index (χ2n) is 2.65. The lowest BCUT2D eigenvalue weighted by Gasteiger charge is -1.98. The normalized spacial score (nSPS) is 10.5. The van der Waals surface area contributed by atoms with Gasteiger partial charge in [0, 0.05) is 6.42 Å². The van der Waals surface area contributed by atoms with Crippen LogP contribution in [0.15, 0.2) is 16.8 Å². The van der Waals surface area contributed by atoms with E-state index in [0.717, 1.165) is 0 Å². The number of anilines is 1. The SMILES string of the molecule is Nc1nnc(Cc2ccsc2)n1N. The van der Waals surface area contributed by atoms with E-state index in [1.165, 1.54) is 10.2 Å². The third kappa shape index (κ3) is 1.48. The third-order valence-electron chi connectivity index (χ3n) is 1.74. The molecule has 4 N–H and O–H groups in total. The first-order valence-electron chi connectivity index (χ1n) is 3.73. The Hall–Kier alpha value is -1.56. The molecule has 6 heteroatoms. The number of thiophene rings is 1. The largest absolute Gasteiger partial charge is 0.366 e. The monoisotopic (exact) mass is 195 g/mol. The molecule has 0 fully saturated rings. The van der Waals surface area contributed by atoms with Gasteiger partial charge in [-0.05, 0) is 22.4 Å². The average molecular weight is 195 g/mol. The maximum atomic E-state index is 5.59. The zero-order valence-electron chi connectivity index (χ0n) is 6.84. The van der Waals surface area contributed by atoms with E-state index < -0.39 is 0 Å². The van der Waals surface area contributed by atoms with Crippen LogP contribution in [-0.4, -0.2) is 14.9 Å². The van der Waals surface area contributed by atoms with Crippen LogP contribution in [0.4, 0.5) is 5.95 Å². The Labute approximate surface area is 79.0 Å². The zero-order chi connectivity index (χ0) is 9.26. The summed E-state index contributed by atoms with van der Waals surface area (Å²) in [6.07, 6.45) is 0.671. The molecule has 0 saturated heterocycles. The smallest absolute Gasteiger partial charge is 0.240 e. The van der Waals surface area contributed by atoms with E-state index in [-0.39, 0.29) is 5.95 Å². The predicted octanol–water partition coefficient (Wildman–Crippen LogP) is 0.226. The van der Waals surface area contributed by atoms with Gasteiger partial charge in [-0.2, -0.15) is 11.3 Å². The van der Waals surface area contributed by atoms with Crippen LogP contribution in [0, 0.1) is 0 Å². The van der Waals surface area contributed by atoms with E-state index in [1.807, 2.05) is 16.8 Å². The van der Waals surface area contributed by atoms with Crippen molar-refractivity contribution in [1.82, 2.24) is 14.9 Å². The molecular formula is C7H9N5S. The van der Waals surface area contributed by atoms with Crippen molar-refractivity contribution in [2.24, 2.45) is 0 Å². The Morgan fingerprint density at radius 3 is 2.85 bits per heavy atom. The van der Waals surface area contributed by atoms with Crippen molar-refractivity contribution in [3.05, 3.63) is 28.2 Å². The lowest BCUT2D eigenvalue weighted by Crippen LogP contribution is -2.15. The van der Waals surface area contributed by atoms with E-state index in [0.29, 0.717) is 12.2 Å². The summed E-state index contributed by atoms with van der Waals surface area (Å²) in [6.45, 7) is 0. The van der Waals surface area contributed by atoms with E-state index in [9.17, 15) is 0 Å². The number of aromatic nitrogens is 3. The molecule has 2 heterocycles. The third-order valence-corrected chi connectivity index (χ3v) is 2.47. The van der Waals surface area contributed by atoms with Crippen LogP contribution in [0.2, 0.25) is 0 Å². The van der Waals surface area contributed by atoms with Gasteiger partial charge in [-0.25, -0.2) is 4.68 Å². The Kier molecular flexibility index (Phi) is 1.90. The van der Waals surface area contributed by atoms with Crippen LogP contribution in [0.25, 0.3) is 0 Å². The molecule has 0 atom stereocenters. The van der Waals surface area contributed by atoms with Gasteiger partial charge >= 0.3 is 0 Å². The number of nitrogens with zero attached hydrogens (tertiary/aromatic N) is 3. The molecule has 68 valence electrons. The molecule has 0 aliphatic heterocycles. The fourth-order valence-corrected chi connectivity index (χ4v) is 1.70. The highest BCUT2D eigenvalue weighted by atomic mass is 32.1. The summed E-state index contributed by atoms with van der Waals surface area (Å²) in [5.74, 6) is 6.51. The number of nitrogens with two attached hydrogens (primary N) is 2. The van der Waals surface area contributed by atoms with E-state index >= 15 is 0 Å². The molecule has 0 radical (unpaired) electrons. The quantitative estimate of drug-likeness (QED) is 0.672. The molecule has 0 aliphatic rings. The van der Waals surface area contributed by atoms with E-state index in [1.54, 1.807) is 11.3 Å². The fraction of sp³-hybridized carbons (Fsp3) is 0.143. The van der Waals surface area contributed by atoms with Crippen molar-refractivity contribution < 1.29 is 0 Å². The van der Waals surface area contributed by atoms with Gasteiger partial charge in [-0.3, -0.25) is 0 Å². The topological polar surface area (TPSA) is 82.8 Å². The average Bonchev–Trinajstić information content (AvgIpc) is 2.71. The van der Waals surface area contributed by atoms with Crippen LogP contribution in [0.1, 0.15) is 11.4 Å². The maximum absolute atomic E-state index is 5.59. The van der Waals surface area contributed by atoms with Crippen LogP contribution in [-0.2, 0) is 6.42 Å². The van der Waals surface area contributed by atoms with Crippen molar-refractivity contribution in [2.75, 3.05) is 11.6 Å². The second-order valence-corrected chi connectivity index (χ2v) is 3.43. The predicted molar refractivity (Wildman–Crippen MR) is 51.7 cm³/mol. The zero-order valence-corrected chi connectivity index (χ0v) is 7.66. The van der Waals surface area contributed by atoms with Gasteiger partial charge in [-0.15, -0.1) is 10.2 Å². The number of rotatable bonds is 2. The van der Waals surface area contributed by atoms with Gasteiger partial charge in [0.05, 0.1) is 0 Å². The molecule has 5 nitrogen and oxygen atoms in total. The van der Waals surface area contributed by atoms with Crippen LogP contribution < -0.4 is 11.6 Å². The van der Waals surface area contributed by atoms with E-state index in [4.69, 9.17) is 11.6 Å². The Balaban J connectivity index is 2.24. The van der Waals surface area contributed by atoms with Gasteiger partial charge in [0.25, 0.3) is 0 Å². The molecular weight excluding hydrogens is 186 g/mol. The summed E-state index contributed by atoms with van der Waals surface area (Å²) in [5.41, 5.74) is 6.61. The molecule has 2 aromatic heterocycles. The lowest BCUT2D eigenvalue weighted by molar-refractivity contribution is 0.880.